The zero-order valence-electron chi connectivity index (χ0n) is 16.0. The van der Waals surface area contributed by atoms with Gasteiger partial charge in [-0.05, 0) is 31.2 Å². The molecule has 1 aromatic carbocycles. The van der Waals surface area contributed by atoms with E-state index in [1.807, 2.05) is 35.2 Å². The highest BCUT2D eigenvalue weighted by Crippen LogP contribution is 2.24. The van der Waals surface area contributed by atoms with Crippen molar-refractivity contribution in [3.05, 3.63) is 35.9 Å². The van der Waals surface area contributed by atoms with Crippen molar-refractivity contribution in [1.29, 1.82) is 0 Å². The van der Waals surface area contributed by atoms with Crippen LogP contribution in [-0.4, -0.2) is 50.5 Å². The first-order valence-corrected chi connectivity index (χ1v) is 11.2. The van der Waals surface area contributed by atoms with Gasteiger partial charge in [0.1, 0.15) is 0 Å². The normalized spacial score (nSPS) is 18.7. The van der Waals surface area contributed by atoms with Crippen molar-refractivity contribution < 1.29 is 18.0 Å². The molecule has 1 aliphatic rings. The summed E-state index contributed by atoms with van der Waals surface area (Å²) in [6, 6.07) is 9.12. The van der Waals surface area contributed by atoms with Crippen LogP contribution in [0.5, 0.6) is 0 Å². The van der Waals surface area contributed by atoms with E-state index in [0.717, 1.165) is 31.1 Å². The quantitative estimate of drug-likeness (QED) is 0.698. The van der Waals surface area contributed by atoms with Crippen molar-refractivity contribution in [3.63, 3.8) is 0 Å². The van der Waals surface area contributed by atoms with E-state index in [1.54, 1.807) is 0 Å². The summed E-state index contributed by atoms with van der Waals surface area (Å²) in [7, 11) is -3.23. The molecular formula is C19H29N3O4S. The summed E-state index contributed by atoms with van der Waals surface area (Å²) in [6.07, 6.45) is 4.76. The van der Waals surface area contributed by atoms with Crippen LogP contribution in [0.2, 0.25) is 0 Å². The lowest BCUT2D eigenvalue weighted by Gasteiger charge is -2.37. The summed E-state index contributed by atoms with van der Waals surface area (Å²) in [5.41, 5.74) is 0.897. The number of benzene rings is 1. The molecule has 1 saturated heterocycles. The molecule has 7 nitrogen and oxygen atoms in total. The summed E-state index contributed by atoms with van der Waals surface area (Å²) >= 11 is 0. The lowest BCUT2D eigenvalue weighted by molar-refractivity contribution is -0.135. The topological polar surface area (TPSA) is 95.6 Å². The number of hydrogen-bond donors (Lipinski definition) is 2. The molecule has 150 valence electrons. The van der Waals surface area contributed by atoms with Crippen LogP contribution >= 0.6 is 0 Å². The monoisotopic (exact) mass is 395 g/mol. The maximum atomic E-state index is 13.0. The predicted molar refractivity (Wildman–Crippen MR) is 104 cm³/mol. The Morgan fingerprint density at radius 2 is 1.93 bits per heavy atom. The Labute approximate surface area is 161 Å². The second-order valence-electron chi connectivity index (χ2n) is 7.06. The van der Waals surface area contributed by atoms with Crippen LogP contribution in [0.25, 0.3) is 0 Å². The fraction of sp³-hybridized carbons (Fsp3) is 0.579. The molecule has 1 fully saturated rings. The zero-order chi connectivity index (χ0) is 19.9. The lowest BCUT2D eigenvalue weighted by atomic mass is 9.97. The van der Waals surface area contributed by atoms with Gasteiger partial charge in [-0.15, -0.1) is 0 Å². The minimum Gasteiger partial charge on any atom is -0.349 e. The smallest absolute Gasteiger partial charge is 0.225 e. The maximum Gasteiger partial charge on any atom is 0.225 e. The number of carbonyl (C=O) groups excluding carboxylic acids is 2. The van der Waals surface area contributed by atoms with Gasteiger partial charge in [0.15, 0.2) is 0 Å². The number of piperidine rings is 1. The van der Waals surface area contributed by atoms with Crippen LogP contribution in [-0.2, 0) is 19.6 Å². The molecule has 2 unspecified atom stereocenters. The largest absolute Gasteiger partial charge is 0.349 e. The van der Waals surface area contributed by atoms with Crippen molar-refractivity contribution in [2.24, 2.45) is 0 Å². The Hall–Kier alpha value is -1.93. The predicted octanol–water partition coefficient (Wildman–Crippen LogP) is 1.57. The van der Waals surface area contributed by atoms with Crippen LogP contribution in [0.4, 0.5) is 0 Å². The summed E-state index contributed by atoms with van der Waals surface area (Å²) in [5.74, 6) is -0.189. The third-order valence-corrected chi connectivity index (χ3v) is 5.48. The highest BCUT2D eigenvalue weighted by atomic mass is 32.2. The van der Waals surface area contributed by atoms with Crippen molar-refractivity contribution in [2.75, 3.05) is 19.3 Å². The second-order valence-corrected chi connectivity index (χ2v) is 8.89. The van der Waals surface area contributed by atoms with Crippen LogP contribution in [0.1, 0.15) is 50.6 Å². The number of likely N-dealkylation sites (tertiary alicyclic amines) is 1. The van der Waals surface area contributed by atoms with Crippen molar-refractivity contribution >= 4 is 21.8 Å². The molecule has 2 N–H and O–H groups in total. The van der Waals surface area contributed by atoms with Crippen LogP contribution in [0, 0.1) is 0 Å². The summed E-state index contributed by atoms with van der Waals surface area (Å²) in [5, 5.41) is 2.87. The molecule has 0 spiro atoms. The van der Waals surface area contributed by atoms with Crippen LogP contribution in [0.3, 0.4) is 0 Å². The van der Waals surface area contributed by atoms with Gasteiger partial charge in [-0.3, -0.25) is 9.59 Å². The van der Waals surface area contributed by atoms with Gasteiger partial charge in [-0.25, -0.2) is 13.1 Å². The molecule has 2 rings (SSSR count). The fourth-order valence-corrected chi connectivity index (χ4v) is 4.00. The molecular weight excluding hydrogens is 366 g/mol. The van der Waals surface area contributed by atoms with Gasteiger partial charge in [0, 0.05) is 26.1 Å². The second kappa shape index (κ2) is 9.85. The van der Waals surface area contributed by atoms with E-state index >= 15 is 0 Å². The number of amides is 2. The number of rotatable bonds is 8. The average Bonchev–Trinajstić information content (AvgIpc) is 2.61. The highest BCUT2D eigenvalue weighted by molar-refractivity contribution is 7.88. The molecule has 1 aliphatic heterocycles. The molecule has 2 amide bonds. The standard InChI is InChI=1S/C19H29N3O4S/c1-15(23)21-18(16-8-4-3-5-9-16)14-19(24)22-13-7-6-10-17(22)11-12-20-27(2,25)26/h3-5,8-9,17-18,20H,6-7,10-14H2,1-2H3,(H,21,23). The molecule has 0 aromatic heterocycles. The first-order valence-electron chi connectivity index (χ1n) is 9.32. The van der Waals surface area contributed by atoms with E-state index in [4.69, 9.17) is 0 Å². The molecule has 0 bridgehead atoms. The van der Waals surface area contributed by atoms with Crippen molar-refractivity contribution in [1.82, 2.24) is 14.9 Å². The Morgan fingerprint density at radius 1 is 1.22 bits per heavy atom. The van der Waals surface area contributed by atoms with Gasteiger partial charge < -0.3 is 10.2 Å². The summed E-state index contributed by atoms with van der Waals surface area (Å²) in [4.78, 5) is 26.4. The van der Waals surface area contributed by atoms with E-state index in [9.17, 15) is 18.0 Å². The van der Waals surface area contributed by atoms with Gasteiger partial charge in [0.05, 0.1) is 18.7 Å². The lowest BCUT2D eigenvalue weighted by Crippen LogP contribution is -2.46. The van der Waals surface area contributed by atoms with E-state index in [-0.39, 0.29) is 30.3 Å². The number of nitrogens with one attached hydrogen (secondary N) is 2. The van der Waals surface area contributed by atoms with Crippen LogP contribution < -0.4 is 10.0 Å². The molecule has 0 aliphatic carbocycles. The molecule has 8 heteroatoms. The average molecular weight is 396 g/mol. The van der Waals surface area contributed by atoms with E-state index < -0.39 is 10.0 Å². The number of nitrogens with zero attached hydrogens (tertiary/aromatic N) is 1. The van der Waals surface area contributed by atoms with E-state index in [1.165, 1.54) is 6.92 Å². The zero-order valence-corrected chi connectivity index (χ0v) is 16.8. The van der Waals surface area contributed by atoms with E-state index in [0.29, 0.717) is 19.5 Å². The van der Waals surface area contributed by atoms with Crippen molar-refractivity contribution in [2.45, 2.75) is 51.1 Å². The first-order chi connectivity index (χ1) is 12.8. The Morgan fingerprint density at radius 3 is 2.56 bits per heavy atom. The van der Waals surface area contributed by atoms with Gasteiger partial charge in [-0.1, -0.05) is 30.3 Å². The van der Waals surface area contributed by atoms with E-state index in [2.05, 4.69) is 10.0 Å². The fourth-order valence-electron chi connectivity index (χ4n) is 3.51. The van der Waals surface area contributed by atoms with Gasteiger partial charge in [0.25, 0.3) is 0 Å². The molecule has 1 heterocycles. The minimum absolute atomic E-state index is 0.0124. The SMILES string of the molecule is CC(=O)NC(CC(=O)N1CCCCC1CCNS(C)(=O)=O)c1ccccc1. The molecule has 0 radical (unpaired) electrons. The minimum atomic E-state index is -3.23. The number of hydrogen-bond acceptors (Lipinski definition) is 4. The molecule has 2 atom stereocenters. The molecule has 1 aromatic rings. The Balaban J connectivity index is 2.03. The highest BCUT2D eigenvalue weighted by Gasteiger charge is 2.28. The number of sulfonamides is 1. The van der Waals surface area contributed by atoms with Crippen LogP contribution in [0.15, 0.2) is 30.3 Å². The number of carbonyl (C=O) groups is 2. The maximum absolute atomic E-state index is 13.0. The van der Waals surface area contributed by atoms with Gasteiger partial charge in [0.2, 0.25) is 21.8 Å². The first kappa shape index (κ1) is 21.4. The Bertz CT molecular complexity index is 737. The molecule has 0 saturated carbocycles. The Kier molecular flexibility index (Phi) is 7.79. The summed E-state index contributed by atoms with van der Waals surface area (Å²) < 4.78 is 25.0. The molecule has 27 heavy (non-hydrogen) atoms. The van der Waals surface area contributed by atoms with Gasteiger partial charge in [-0.2, -0.15) is 0 Å². The van der Waals surface area contributed by atoms with Crippen molar-refractivity contribution in [3.8, 4) is 0 Å². The third-order valence-electron chi connectivity index (χ3n) is 4.75. The third kappa shape index (κ3) is 7.30. The summed E-state index contributed by atoms with van der Waals surface area (Å²) in [6.45, 7) is 2.44. The van der Waals surface area contributed by atoms with Gasteiger partial charge >= 0.3 is 0 Å².